The van der Waals surface area contributed by atoms with Crippen molar-refractivity contribution in [3.63, 3.8) is 0 Å². The highest BCUT2D eigenvalue weighted by Crippen LogP contribution is 2.19. The van der Waals surface area contributed by atoms with Crippen LogP contribution in [-0.4, -0.2) is 34.5 Å². The first-order valence-corrected chi connectivity index (χ1v) is 8.93. The minimum absolute atomic E-state index is 0.232. The Morgan fingerprint density at radius 2 is 2.12 bits per heavy atom. The Morgan fingerprint density at radius 1 is 1.33 bits per heavy atom. The SMILES string of the molecule is Cc1nn(C)c(C)c1S(=O)(=O)NCCn1cc(-c2ccco2)cn1. The molecule has 3 aromatic heterocycles. The van der Waals surface area contributed by atoms with Crippen molar-refractivity contribution in [3.05, 3.63) is 42.2 Å². The summed E-state index contributed by atoms with van der Waals surface area (Å²) in [6.45, 7) is 4.07. The first kappa shape index (κ1) is 16.5. The van der Waals surface area contributed by atoms with E-state index in [1.165, 1.54) is 0 Å². The van der Waals surface area contributed by atoms with Crippen molar-refractivity contribution in [2.24, 2.45) is 7.05 Å². The van der Waals surface area contributed by atoms with Gasteiger partial charge < -0.3 is 4.42 Å². The lowest BCUT2D eigenvalue weighted by Crippen LogP contribution is -2.28. The van der Waals surface area contributed by atoms with Gasteiger partial charge in [-0.25, -0.2) is 13.1 Å². The Bertz CT molecular complexity index is 938. The lowest BCUT2D eigenvalue weighted by molar-refractivity contribution is 0.559. The lowest BCUT2D eigenvalue weighted by atomic mass is 10.3. The first-order valence-electron chi connectivity index (χ1n) is 7.44. The molecule has 128 valence electrons. The van der Waals surface area contributed by atoms with Gasteiger partial charge in [0.2, 0.25) is 10.0 Å². The molecule has 24 heavy (non-hydrogen) atoms. The van der Waals surface area contributed by atoms with E-state index in [1.54, 1.807) is 48.8 Å². The van der Waals surface area contributed by atoms with Crippen LogP contribution in [0.1, 0.15) is 11.4 Å². The van der Waals surface area contributed by atoms with E-state index in [-0.39, 0.29) is 11.4 Å². The molecule has 0 aliphatic carbocycles. The highest BCUT2D eigenvalue weighted by atomic mass is 32.2. The molecule has 0 radical (unpaired) electrons. The van der Waals surface area contributed by atoms with E-state index in [9.17, 15) is 8.42 Å². The zero-order valence-electron chi connectivity index (χ0n) is 13.7. The molecule has 3 rings (SSSR count). The van der Waals surface area contributed by atoms with Gasteiger partial charge in [-0.2, -0.15) is 10.2 Å². The Kier molecular flexibility index (Phi) is 4.29. The molecule has 0 aromatic carbocycles. The van der Waals surface area contributed by atoms with Gasteiger partial charge in [0.15, 0.2) is 0 Å². The second-order valence-electron chi connectivity index (χ2n) is 5.49. The molecule has 8 nitrogen and oxygen atoms in total. The molecule has 1 N–H and O–H groups in total. The highest BCUT2D eigenvalue weighted by molar-refractivity contribution is 7.89. The molecule has 0 fully saturated rings. The highest BCUT2D eigenvalue weighted by Gasteiger charge is 2.23. The number of nitrogens with one attached hydrogen (secondary N) is 1. The summed E-state index contributed by atoms with van der Waals surface area (Å²) in [7, 11) is -1.88. The van der Waals surface area contributed by atoms with Crippen molar-refractivity contribution in [2.45, 2.75) is 25.3 Å². The van der Waals surface area contributed by atoms with Crippen molar-refractivity contribution in [3.8, 4) is 11.3 Å². The molecular formula is C15H19N5O3S. The maximum Gasteiger partial charge on any atom is 0.244 e. The Labute approximate surface area is 140 Å². The van der Waals surface area contributed by atoms with E-state index in [0.29, 0.717) is 17.9 Å². The summed E-state index contributed by atoms with van der Waals surface area (Å²) in [6.07, 6.45) is 5.09. The monoisotopic (exact) mass is 349 g/mol. The molecule has 0 saturated heterocycles. The molecule has 9 heteroatoms. The van der Waals surface area contributed by atoms with Gasteiger partial charge in [-0.15, -0.1) is 0 Å². The average Bonchev–Trinajstić information content (AvgIpc) is 3.21. The lowest BCUT2D eigenvalue weighted by Gasteiger charge is -2.07. The van der Waals surface area contributed by atoms with E-state index >= 15 is 0 Å². The minimum atomic E-state index is -3.60. The second kappa shape index (κ2) is 6.25. The predicted molar refractivity (Wildman–Crippen MR) is 87.8 cm³/mol. The van der Waals surface area contributed by atoms with Crippen LogP contribution < -0.4 is 4.72 Å². The van der Waals surface area contributed by atoms with Crippen LogP contribution in [0.4, 0.5) is 0 Å². The predicted octanol–water partition coefficient (Wildman–Crippen LogP) is 1.47. The van der Waals surface area contributed by atoms with Crippen LogP contribution in [0.5, 0.6) is 0 Å². The summed E-state index contributed by atoms with van der Waals surface area (Å²) in [5, 5.41) is 8.35. The van der Waals surface area contributed by atoms with Crippen molar-refractivity contribution in [1.29, 1.82) is 0 Å². The van der Waals surface area contributed by atoms with Crippen LogP contribution in [-0.2, 0) is 23.6 Å². The first-order chi connectivity index (χ1) is 11.4. The molecule has 0 saturated carbocycles. The van der Waals surface area contributed by atoms with E-state index < -0.39 is 10.0 Å². The second-order valence-corrected chi connectivity index (χ2v) is 7.19. The fraction of sp³-hybridized carbons (Fsp3) is 0.333. The Balaban J connectivity index is 1.66. The summed E-state index contributed by atoms with van der Waals surface area (Å²) in [5.74, 6) is 0.725. The largest absolute Gasteiger partial charge is 0.464 e. The fourth-order valence-electron chi connectivity index (χ4n) is 2.57. The number of hydrogen-bond donors (Lipinski definition) is 1. The van der Waals surface area contributed by atoms with Crippen molar-refractivity contribution in [1.82, 2.24) is 24.3 Å². The number of aryl methyl sites for hydroxylation is 2. The van der Waals surface area contributed by atoms with Gasteiger partial charge in [0, 0.05) is 19.8 Å². The molecule has 0 aliphatic heterocycles. The van der Waals surface area contributed by atoms with Crippen molar-refractivity contribution >= 4 is 10.0 Å². The maximum atomic E-state index is 12.5. The smallest absolute Gasteiger partial charge is 0.244 e. The van der Waals surface area contributed by atoms with Gasteiger partial charge in [0.1, 0.15) is 10.7 Å². The molecule has 0 aliphatic rings. The van der Waals surface area contributed by atoms with Crippen molar-refractivity contribution < 1.29 is 12.8 Å². The molecule has 3 aromatic rings. The molecule has 0 unspecified atom stereocenters. The van der Waals surface area contributed by atoms with Crippen LogP contribution in [0, 0.1) is 13.8 Å². The third kappa shape index (κ3) is 3.13. The van der Waals surface area contributed by atoms with Gasteiger partial charge in [-0.1, -0.05) is 0 Å². The number of aromatic nitrogens is 4. The van der Waals surface area contributed by atoms with Crippen LogP contribution in [0.3, 0.4) is 0 Å². The normalized spacial score (nSPS) is 12.0. The standard InChI is InChI=1S/C15H19N5O3S/c1-11-15(12(2)19(3)18-11)24(21,22)17-6-7-20-10-13(9-16-20)14-5-4-8-23-14/h4-5,8-10,17H,6-7H2,1-3H3. The van der Waals surface area contributed by atoms with E-state index in [4.69, 9.17) is 4.42 Å². The van der Waals surface area contributed by atoms with E-state index in [2.05, 4.69) is 14.9 Å². The Hall–Kier alpha value is -2.39. The number of hydrogen-bond acceptors (Lipinski definition) is 5. The van der Waals surface area contributed by atoms with Crippen LogP contribution in [0.15, 0.2) is 40.1 Å². The number of rotatable bonds is 6. The zero-order valence-corrected chi connectivity index (χ0v) is 14.5. The quantitative estimate of drug-likeness (QED) is 0.727. The minimum Gasteiger partial charge on any atom is -0.464 e. The summed E-state index contributed by atoms with van der Waals surface area (Å²) in [6, 6.07) is 3.65. The zero-order chi connectivity index (χ0) is 17.3. The van der Waals surface area contributed by atoms with Crippen LogP contribution in [0.25, 0.3) is 11.3 Å². The van der Waals surface area contributed by atoms with Gasteiger partial charge in [-0.3, -0.25) is 9.36 Å². The summed E-state index contributed by atoms with van der Waals surface area (Å²) in [4.78, 5) is 0.238. The van der Waals surface area contributed by atoms with Gasteiger partial charge in [-0.05, 0) is 26.0 Å². The Morgan fingerprint density at radius 3 is 2.75 bits per heavy atom. The summed E-state index contributed by atoms with van der Waals surface area (Å²) in [5.41, 5.74) is 1.95. The number of furan rings is 1. The summed E-state index contributed by atoms with van der Waals surface area (Å²) >= 11 is 0. The topological polar surface area (TPSA) is 95.0 Å². The van der Waals surface area contributed by atoms with Crippen LogP contribution in [0.2, 0.25) is 0 Å². The third-order valence-electron chi connectivity index (χ3n) is 3.78. The van der Waals surface area contributed by atoms with Gasteiger partial charge in [0.05, 0.1) is 36.0 Å². The fourth-order valence-corrected chi connectivity index (χ4v) is 4.02. The number of nitrogens with zero attached hydrogens (tertiary/aromatic N) is 4. The van der Waals surface area contributed by atoms with E-state index in [0.717, 1.165) is 11.3 Å². The van der Waals surface area contributed by atoms with E-state index in [1.807, 2.05) is 12.3 Å². The van der Waals surface area contributed by atoms with Crippen molar-refractivity contribution in [2.75, 3.05) is 6.54 Å². The molecule has 0 spiro atoms. The summed E-state index contributed by atoms with van der Waals surface area (Å²) < 4.78 is 36.1. The number of sulfonamides is 1. The molecule has 0 atom stereocenters. The molecular weight excluding hydrogens is 330 g/mol. The molecule has 3 heterocycles. The maximum absolute atomic E-state index is 12.5. The van der Waals surface area contributed by atoms with Crippen LogP contribution >= 0.6 is 0 Å². The molecule has 0 bridgehead atoms. The average molecular weight is 349 g/mol. The van der Waals surface area contributed by atoms with Gasteiger partial charge >= 0.3 is 0 Å². The molecule has 0 amide bonds. The third-order valence-corrected chi connectivity index (χ3v) is 5.50. The van der Waals surface area contributed by atoms with Gasteiger partial charge in [0.25, 0.3) is 0 Å².